The highest BCUT2D eigenvalue weighted by Gasteiger charge is 2.21. The molecule has 2 rings (SSSR count). The third-order valence-electron chi connectivity index (χ3n) is 2.58. The van der Waals surface area contributed by atoms with Crippen molar-refractivity contribution in [3.05, 3.63) is 47.6 Å². The number of sulfonamides is 1. The van der Waals surface area contributed by atoms with Crippen LogP contribution in [0.3, 0.4) is 0 Å². The Hall–Kier alpha value is -1.73. The lowest BCUT2D eigenvalue weighted by atomic mass is 10.4. The fourth-order valence-corrected chi connectivity index (χ4v) is 2.73. The normalized spacial score (nSPS) is 12.0. The molecule has 7 heteroatoms. The van der Waals surface area contributed by atoms with Gasteiger partial charge in [0.2, 0.25) is 10.0 Å². The van der Waals surface area contributed by atoms with E-state index >= 15 is 0 Å². The average Bonchev–Trinajstić information content (AvgIpc) is 2.75. The summed E-state index contributed by atoms with van der Waals surface area (Å²) in [6.45, 7) is 1.82. The van der Waals surface area contributed by atoms with Crippen molar-refractivity contribution in [1.29, 1.82) is 0 Å². The van der Waals surface area contributed by atoms with Gasteiger partial charge in [-0.25, -0.2) is 12.8 Å². The Morgan fingerprint density at radius 3 is 2.47 bits per heavy atom. The second kappa shape index (κ2) is 5.10. The summed E-state index contributed by atoms with van der Waals surface area (Å²) in [7, 11) is -2.23. The second-order valence-corrected chi connectivity index (χ2v) is 6.19. The lowest BCUT2D eigenvalue weighted by Crippen LogP contribution is -2.26. The largest absolute Gasteiger partial charge is 0.361 e. The van der Waals surface area contributed by atoms with Gasteiger partial charge in [-0.3, -0.25) is 0 Å². The minimum Gasteiger partial charge on any atom is -0.361 e. The van der Waals surface area contributed by atoms with Crippen molar-refractivity contribution < 1.29 is 17.3 Å². The fourth-order valence-electron chi connectivity index (χ4n) is 1.59. The van der Waals surface area contributed by atoms with Crippen molar-refractivity contribution in [2.24, 2.45) is 0 Å². The Kier molecular flexibility index (Phi) is 3.68. The summed E-state index contributed by atoms with van der Waals surface area (Å²) >= 11 is 0. The quantitative estimate of drug-likeness (QED) is 0.860. The molecule has 0 aliphatic carbocycles. The monoisotopic (exact) mass is 284 g/mol. The maximum Gasteiger partial charge on any atom is 0.243 e. The van der Waals surface area contributed by atoms with Crippen molar-refractivity contribution in [1.82, 2.24) is 9.46 Å². The summed E-state index contributed by atoms with van der Waals surface area (Å²) in [5, 5.41) is 3.74. The van der Waals surface area contributed by atoms with Crippen LogP contribution in [0.1, 0.15) is 11.5 Å². The van der Waals surface area contributed by atoms with E-state index in [0.29, 0.717) is 11.5 Å². The Morgan fingerprint density at radius 1 is 1.32 bits per heavy atom. The number of hydrogen-bond donors (Lipinski definition) is 0. The minimum atomic E-state index is -3.66. The topological polar surface area (TPSA) is 63.4 Å². The van der Waals surface area contributed by atoms with Gasteiger partial charge in [-0.05, 0) is 31.2 Å². The molecule has 0 radical (unpaired) electrons. The van der Waals surface area contributed by atoms with Gasteiger partial charge >= 0.3 is 0 Å². The molecule has 5 nitrogen and oxygen atoms in total. The molecule has 0 bridgehead atoms. The van der Waals surface area contributed by atoms with Gasteiger partial charge in [-0.15, -0.1) is 0 Å². The standard InChI is InChI=1S/C12H13FN2O3S/c1-9-7-11(14-18-9)8-15(2)19(16,17)12-5-3-10(13)4-6-12/h3-7H,8H2,1-2H3. The number of benzene rings is 1. The van der Waals surface area contributed by atoms with Crippen LogP contribution >= 0.6 is 0 Å². The van der Waals surface area contributed by atoms with E-state index in [1.165, 1.54) is 19.2 Å². The summed E-state index contributed by atoms with van der Waals surface area (Å²) < 4.78 is 43.2. The van der Waals surface area contributed by atoms with E-state index in [-0.39, 0.29) is 11.4 Å². The first-order chi connectivity index (χ1) is 8.89. The van der Waals surface area contributed by atoms with Crippen LogP contribution in [0.25, 0.3) is 0 Å². The van der Waals surface area contributed by atoms with Crippen molar-refractivity contribution in [3.8, 4) is 0 Å². The van der Waals surface area contributed by atoms with Crippen molar-refractivity contribution in [3.63, 3.8) is 0 Å². The fraction of sp³-hybridized carbons (Fsp3) is 0.250. The maximum atomic E-state index is 12.8. The molecule has 0 spiro atoms. The van der Waals surface area contributed by atoms with Crippen LogP contribution in [0, 0.1) is 12.7 Å². The smallest absolute Gasteiger partial charge is 0.243 e. The highest BCUT2D eigenvalue weighted by atomic mass is 32.2. The second-order valence-electron chi connectivity index (χ2n) is 4.14. The summed E-state index contributed by atoms with van der Waals surface area (Å²) in [6.07, 6.45) is 0. The molecule has 0 N–H and O–H groups in total. The van der Waals surface area contributed by atoms with E-state index in [1.807, 2.05) is 0 Å². The molecule has 0 unspecified atom stereocenters. The van der Waals surface area contributed by atoms with E-state index in [4.69, 9.17) is 4.52 Å². The van der Waals surface area contributed by atoms with E-state index in [9.17, 15) is 12.8 Å². The SMILES string of the molecule is Cc1cc(CN(C)S(=O)(=O)c2ccc(F)cc2)no1. The average molecular weight is 284 g/mol. The molecule has 0 aliphatic rings. The Morgan fingerprint density at radius 2 is 1.95 bits per heavy atom. The molecule has 102 valence electrons. The Bertz CT molecular complexity index is 665. The minimum absolute atomic E-state index is 0.0385. The first-order valence-electron chi connectivity index (χ1n) is 5.54. The van der Waals surface area contributed by atoms with Gasteiger partial charge in [0.15, 0.2) is 0 Å². The van der Waals surface area contributed by atoms with Crippen LogP contribution < -0.4 is 0 Å². The predicted molar refractivity (Wildman–Crippen MR) is 66.3 cm³/mol. The molecule has 0 atom stereocenters. The van der Waals surface area contributed by atoms with Gasteiger partial charge in [-0.1, -0.05) is 5.16 Å². The number of aromatic nitrogens is 1. The zero-order chi connectivity index (χ0) is 14.0. The lowest BCUT2D eigenvalue weighted by Gasteiger charge is -2.15. The molecular formula is C12H13FN2O3S. The molecule has 0 amide bonds. The van der Waals surface area contributed by atoms with Crippen LogP contribution in [0.5, 0.6) is 0 Å². The number of hydrogen-bond acceptors (Lipinski definition) is 4. The molecule has 0 saturated heterocycles. The van der Waals surface area contributed by atoms with Crippen molar-refractivity contribution in [2.75, 3.05) is 7.05 Å². The third-order valence-corrected chi connectivity index (χ3v) is 4.40. The first kappa shape index (κ1) is 13.7. The molecule has 0 saturated carbocycles. The third kappa shape index (κ3) is 2.99. The molecular weight excluding hydrogens is 271 g/mol. The van der Waals surface area contributed by atoms with Gasteiger partial charge in [-0.2, -0.15) is 4.31 Å². The zero-order valence-corrected chi connectivity index (χ0v) is 11.3. The van der Waals surface area contributed by atoms with E-state index in [2.05, 4.69) is 5.16 Å². The van der Waals surface area contributed by atoms with Crippen LogP contribution in [0.2, 0.25) is 0 Å². The Balaban J connectivity index is 2.21. The Labute approximate surface area is 110 Å². The summed E-state index contributed by atoms with van der Waals surface area (Å²) in [4.78, 5) is 0.0385. The van der Waals surface area contributed by atoms with E-state index in [1.54, 1.807) is 13.0 Å². The summed E-state index contributed by atoms with van der Waals surface area (Å²) in [5.74, 6) is 0.135. The number of aryl methyl sites for hydroxylation is 1. The first-order valence-corrected chi connectivity index (χ1v) is 6.98. The van der Waals surface area contributed by atoms with Crippen molar-refractivity contribution >= 4 is 10.0 Å². The molecule has 0 fully saturated rings. The number of halogens is 1. The van der Waals surface area contributed by atoms with Crippen LogP contribution in [0.15, 0.2) is 39.8 Å². The van der Waals surface area contributed by atoms with Gasteiger partial charge in [0.1, 0.15) is 11.6 Å². The van der Waals surface area contributed by atoms with Gasteiger partial charge in [0.05, 0.1) is 17.1 Å². The van der Waals surface area contributed by atoms with Gasteiger partial charge in [0, 0.05) is 13.1 Å². The summed E-state index contributed by atoms with van der Waals surface area (Å²) in [5.41, 5.74) is 0.519. The van der Waals surface area contributed by atoms with E-state index < -0.39 is 15.8 Å². The highest BCUT2D eigenvalue weighted by Crippen LogP contribution is 2.17. The molecule has 1 aromatic heterocycles. The number of rotatable bonds is 4. The molecule has 1 heterocycles. The number of nitrogens with zero attached hydrogens (tertiary/aromatic N) is 2. The molecule has 19 heavy (non-hydrogen) atoms. The zero-order valence-electron chi connectivity index (χ0n) is 10.5. The van der Waals surface area contributed by atoms with Crippen molar-refractivity contribution in [2.45, 2.75) is 18.4 Å². The molecule has 0 aliphatic heterocycles. The predicted octanol–water partition coefficient (Wildman–Crippen LogP) is 1.94. The van der Waals surface area contributed by atoms with E-state index in [0.717, 1.165) is 16.4 Å². The van der Waals surface area contributed by atoms with Gasteiger partial charge in [0.25, 0.3) is 0 Å². The van der Waals surface area contributed by atoms with Crippen LogP contribution in [-0.2, 0) is 16.6 Å². The van der Waals surface area contributed by atoms with Crippen LogP contribution in [-0.4, -0.2) is 24.9 Å². The highest BCUT2D eigenvalue weighted by molar-refractivity contribution is 7.89. The molecule has 1 aromatic carbocycles. The summed E-state index contributed by atoms with van der Waals surface area (Å²) in [6, 6.07) is 6.35. The van der Waals surface area contributed by atoms with Gasteiger partial charge < -0.3 is 4.52 Å². The van der Waals surface area contributed by atoms with Crippen LogP contribution in [0.4, 0.5) is 4.39 Å². The maximum absolute atomic E-state index is 12.8. The lowest BCUT2D eigenvalue weighted by molar-refractivity contribution is 0.378. The molecule has 2 aromatic rings.